The van der Waals surface area contributed by atoms with Crippen molar-refractivity contribution in [1.82, 2.24) is 0 Å². The SMILES string of the molecule is C/C(C#N)=N\OC(C)(C)C(=O)OC(C)(C)C. The molecule has 0 aliphatic carbocycles. The van der Waals surface area contributed by atoms with E-state index in [2.05, 4.69) is 5.16 Å². The molecule has 0 amide bonds. The Morgan fingerprint density at radius 2 is 1.75 bits per heavy atom. The van der Waals surface area contributed by atoms with E-state index in [1.807, 2.05) is 0 Å². The van der Waals surface area contributed by atoms with Gasteiger partial charge in [0.05, 0.1) is 0 Å². The molecule has 0 bridgehead atoms. The van der Waals surface area contributed by atoms with E-state index in [4.69, 9.17) is 14.8 Å². The molecule has 0 aliphatic rings. The number of ether oxygens (including phenoxy) is 1. The minimum atomic E-state index is -1.20. The number of hydrogen-bond acceptors (Lipinski definition) is 5. The largest absolute Gasteiger partial charge is 0.457 e. The summed E-state index contributed by atoms with van der Waals surface area (Å²) in [6.07, 6.45) is 0. The van der Waals surface area contributed by atoms with Crippen LogP contribution in [0.5, 0.6) is 0 Å². The lowest BCUT2D eigenvalue weighted by Gasteiger charge is -2.26. The van der Waals surface area contributed by atoms with Crippen LogP contribution in [-0.4, -0.2) is 22.9 Å². The molecule has 0 saturated carbocycles. The fraction of sp³-hybridized carbons (Fsp3) is 0.727. The molecule has 0 saturated heterocycles. The lowest BCUT2D eigenvalue weighted by atomic mass is 10.1. The van der Waals surface area contributed by atoms with Gasteiger partial charge >= 0.3 is 5.97 Å². The van der Waals surface area contributed by atoms with E-state index < -0.39 is 17.2 Å². The van der Waals surface area contributed by atoms with Gasteiger partial charge in [-0.15, -0.1) is 0 Å². The summed E-state index contributed by atoms with van der Waals surface area (Å²) in [7, 11) is 0. The molecule has 0 atom stereocenters. The van der Waals surface area contributed by atoms with Gasteiger partial charge in [-0.3, -0.25) is 0 Å². The topological polar surface area (TPSA) is 71.7 Å². The minimum absolute atomic E-state index is 0.150. The molecule has 0 aromatic rings. The van der Waals surface area contributed by atoms with Gasteiger partial charge in [0.25, 0.3) is 0 Å². The van der Waals surface area contributed by atoms with Crippen LogP contribution in [0.4, 0.5) is 0 Å². The average Bonchev–Trinajstić information content (AvgIpc) is 2.11. The van der Waals surface area contributed by atoms with Gasteiger partial charge in [0.15, 0.2) is 5.71 Å². The molecule has 0 fully saturated rings. The monoisotopic (exact) mass is 226 g/mol. The second-order valence-corrected chi connectivity index (χ2v) is 4.89. The van der Waals surface area contributed by atoms with Crippen molar-refractivity contribution >= 4 is 11.7 Å². The third-order valence-corrected chi connectivity index (χ3v) is 1.46. The third kappa shape index (κ3) is 5.35. The van der Waals surface area contributed by atoms with Crippen LogP contribution in [0, 0.1) is 11.3 Å². The second kappa shape index (κ2) is 4.97. The first-order valence-corrected chi connectivity index (χ1v) is 4.95. The molecule has 0 radical (unpaired) electrons. The quantitative estimate of drug-likeness (QED) is 0.419. The maximum Gasteiger partial charge on any atom is 0.353 e. The molecule has 0 N–H and O–H groups in total. The zero-order valence-electron chi connectivity index (χ0n) is 10.6. The highest BCUT2D eigenvalue weighted by atomic mass is 16.7. The van der Waals surface area contributed by atoms with E-state index in [0.29, 0.717) is 0 Å². The lowest BCUT2D eigenvalue weighted by molar-refractivity contribution is -0.179. The standard InChI is InChI=1S/C11H18N2O3/c1-8(7-12)13-16-11(5,6)9(14)15-10(2,3)4/h1-6H3/b13-8+. The van der Waals surface area contributed by atoms with Crippen molar-refractivity contribution in [2.75, 3.05) is 0 Å². The molecule has 5 heteroatoms. The molecular formula is C11H18N2O3. The Morgan fingerprint density at radius 1 is 1.25 bits per heavy atom. The molecule has 0 aromatic heterocycles. The maximum atomic E-state index is 11.7. The smallest absolute Gasteiger partial charge is 0.353 e. The van der Waals surface area contributed by atoms with E-state index in [0.717, 1.165) is 0 Å². The van der Waals surface area contributed by atoms with Crippen LogP contribution in [0.2, 0.25) is 0 Å². The predicted molar refractivity (Wildman–Crippen MR) is 59.7 cm³/mol. The van der Waals surface area contributed by atoms with Gasteiger partial charge in [-0.25, -0.2) is 4.79 Å². The van der Waals surface area contributed by atoms with Gasteiger partial charge < -0.3 is 9.57 Å². The Morgan fingerprint density at radius 3 is 2.12 bits per heavy atom. The fourth-order valence-electron chi connectivity index (χ4n) is 0.641. The summed E-state index contributed by atoms with van der Waals surface area (Å²) in [6, 6.07) is 1.80. The Kier molecular flexibility index (Phi) is 4.48. The summed E-state index contributed by atoms with van der Waals surface area (Å²) in [4.78, 5) is 16.7. The Bertz CT molecular complexity index is 332. The van der Waals surface area contributed by atoms with Crippen LogP contribution < -0.4 is 0 Å². The summed E-state index contributed by atoms with van der Waals surface area (Å²) in [6.45, 7) is 9.87. The molecule has 16 heavy (non-hydrogen) atoms. The molecule has 5 nitrogen and oxygen atoms in total. The van der Waals surface area contributed by atoms with Gasteiger partial charge in [0, 0.05) is 0 Å². The number of esters is 1. The van der Waals surface area contributed by atoms with Crippen molar-refractivity contribution in [2.24, 2.45) is 5.16 Å². The zero-order valence-corrected chi connectivity index (χ0v) is 10.6. The average molecular weight is 226 g/mol. The molecule has 0 heterocycles. The maximum absolute atomic E-state index is 11.7. The molecular weight excluding hydrogens is 208 g/mol. The van der Waals surface area contributed by atoms with Gasteiger partial charge in [-0.2, -0.15) is 5.26 Å². The summed E-state index contributed by atoms with van der Waals surface area (Å²) < 4.78 is 5.15. The fourth-order valence-corrected chi connectivity index (χ4v) is 0.641. The normalized spacial score (nSPS) is 12.9. The molecule has 0 spiro atoms. The van der Waals surface area contributed by atoms with Crippen LogP contribution in [0.3, 0.4) is 0 Å². The van der Waals surface area contributed by atoms with Crippen molar-refractivity contribution in [3.8, 4) is 6.07 Å². The van der Waals surface area contributed by atoms with Crippen LogP contribution in [0.1, 0.15) is 41.5 Å². The van der Waals surface area contributed by atoms with E-state index >= 15 is 0 Å². The number of hydrogen-bond donors (Lipinski definition) is 0. The van der Waals surface area contributed by atoms with E-state index in [9.17, 15) is 4.79 Å². The van der Waals surface area contributed by atoms with Gasteiger partial charge in [-0.05, 0) is 41.5 Å². The van der Waals surface area contributed by atoms with E-state index in [1.54, 1.807) is 26.8 Å². The van der Waals surface area contributed by atoms with Crippen molar-refractivity contribution in [3.05, 3.63) is 0 Å². The molecule has 90 valence electrons. The minimum Gasteiger partial charge on any atom is -0.457 e. The highest BCUT2D eigenvalue weighted by Crippen LogP contribution is 2.17. The zero-order chi connectivity index (χ0) is 13.0. The number of rotatable bonds is 3. The molecule has 0 aromatic carbocycles. The molecule has 0 rings (SSSR count). The van der Waals surface area contributed by atoms with Crippen LogP contribution in [-0.2, 0) is 14.4 Å². The first-order valence-electron chi connectivity index (χ1n) is 4.95. The summed E-state index contributed by atoms with van der Waals surface area (Å²) in [5, 5.41) is 12.0. The van der Waals surface area contributed by atoms with Gasteiger partial charge in [0.1, 0.15) is 11.7 Å². The van der Waals surface area contributed by atoms with Crippen molar-refractivity contribution < 1.29 is 14.4 Å². The number of nitrogens with zero attached hydrogens (tertiary/aromatic N) is 2. The number of carbonyl (C=O) groups excluding carboxylic acids is 1. The van der Waals surface area contributed by atoms with Gasteiger partial charge in [0.2, 0.25) is 5.60 Å². The Labute approximate surface area is 96.0 Å². The predicted octanol–water partition coefficient (Wildman–Crippen LogP) is 2.02. The summed E-state index contributed by atoms with van der Waals surface area (Å²) in [5.41, 5.74) is -1.63. The van der Waals surface area contributed by atoms with Crippen LogP contribution in [0.25, 0.3) is 0 Å². The Balaban J connectivity index is 4.57. The lowest BCUT2D eigenvalue weighted by Crippen LogP contribution is -2.40. The molecule has 0 unspecified atom stereocenters. The van der Waals surface area contributed by atoms with Crippen LogP contribution >= 0.6 is 0 Å². The first-order chi connectivity index (χ1) is 7.08. The van der Waals surface area contributed by atoms with Crippen molar-refractivity contribution in [1.29, 1.82) is 5.26 Å². The first kappa shape index (κ1) is 14.4. The van der Waals surface area contributed by atoms with E-state index in [-0.39, 0.29) is 5.71 Å². The number of carbonyl (C=O) groups is 1. The highest BCUT2D eigenvalue weighted by molar-refractivity contribution is 5.95. The van der Waals surface area contributed by atoms with Gasteiger partial charge in [-0.1, -0.05) is 5.16 Å². The number of nitriles is 1. The second-order valence-electron chi connectivity index (χ2n) is 4.89. The van der Waals surface area contributed by atoms with Crippen LogP contribution in [0.15, 0.2) is 5.16 Å². The highest BCUT2D eigenvalue weighted by Gasteiger charge is 2.35. The Hall–Kier alpha value is -1.57. The molecule has 0 aliphatic heterocycles. The summed E-state index contributed by atoms with van der Waals surface area (Å²) >= 11 is 0. The summed E-state index contributed by atoms with van der Waals surface area (Å²) in [5.74, 6) is -0.519. The van der Waals surface area contributed by atoms with Crippen molar-refractivity contribution in [2.45, 2.75) is 52.7 Å². The van der Waals surface area contributed by atoms with Crippen molar-refractivity contribution in [3.63, 3.8) is 0 Å². The third-order valence-electron chi connectivity index (χ3n) is 1.46. The van der Waals surface area contributed by atoms with E-state index in [1.165, 1.54) is 20.8 Å². The number of oxime groups is 1.